The van der Waals surface area contributed by atoms with E-state index < -0.39 is 10.1 Å². The Labute approximate surface area is 112 Å². The average molecular weight is 273 g/mol. The van der Waals surface area contributed by atoms with Gasteiger partial charge in [0.05, 0.1) is 6.10 Å². The number of allylic oxidation sites excluding steroid dienone is 2. The summed E-state index contributed by atoms with van der Waals surface area (Å²) in [5, 5.41) is 1.84. The molecule has 1 aliphatic heterocycles. The highest BCUT2D eigenvalue weighted by Crippen LogP contribution is 2.15. The highest BCUT2D eigenvalue weighted by atomic mass is 32.3. The Bertz CT molecular complexity index is 370. The SMILES string of the molecule is CC(C)=C1N[SH](C)(=O)/C=C/CCCCCOC1C. The van der Waals surface area contributed by atoms with Crippen molar-refractivity contribution in [3.63, 3.8) is 0 Å². The second kappa shape index (κ2) is 7.10. The minimum atomic E-state index is -2.45. The van der Waals surface area contributed by atoms with Crippen LogP contribution in [0.5, 0.6) is 0 Å². The van der Waals surface area contributed by atoms with Gasteiger partial charge in [-0.1, -0.05) is 18.1 Å². The van der Waals surface area contributed by atoms with E-state index in [0.717, 1.165) is 37.1 Å². The summed E-state index contributed by atoms with van der Waals surface area (Å²) in [6.45, 7) is 6.84. The topological polar surface area (TPSA) is 38.3 Å². The van der Waals surface area contributed by atoms with Crippen LogP contribution >= 0.6 is 0 Å². The Kier molecular flexibility index (Phi) is 6.09. The van der Waals surface area contributed by atoms with Gasteiger partial charge in [0, 0.05) is 18.6 Å². The predicted octanol–water partition coefficient (Wildman–Crippen LogP) is 2.92. The van der Waals surface area contributed by atoms with Gasteiger partial charge in [-0.2, -0.15) is 0 Å². The van der Waals surface area contributed by atoms with Crippen LogP contribution in [0.1, 0.15) is 46.5 Å². The van der Waals surface area contributed by atoms with Crippen molar-refractivity contribution >= 4 is 10.1 Å². The molecule has 0 fully saturated rings. The van der Waals surface area contributed by atoms with Gasteiger partial charge in [-0.05, 0) is 55.6 Å². The average Bonchev–Trinajstić information content (AvgIpc) is 2.27. The van der Waals surface area contributed by atoms with Crippen LogP contribution in [0.2, 0.25) is 0 Å². The smallest absolute Gasteiger partial charge is 0.0948 e. The maximum atomic E-state index is 12.4. The molecule has 0 saturated carbocycles. The molecule has 0 aliphatic carbocycles. The third-order valence-electron chi connectivity index (χ3n) is 3.06. The summed E-state index contributed by atoms with van der Waals surface area (Å²) in [6, 6.07) is 0. The molecule has 0 aromatic rings. The third-order valence-corrected chi connectivity index (χ3v) is 4.53. The van der Waals surface area contributed by atoms with Crippen molar-refractivity contribution in [1.29, 1.82) is 0 Å². The van der Waals surface area contributed by atoms with Crippen LogP contribution in [0.3, 0.4) is 0 Å². The summed E-state index contributed by atoms with van der Waals surface area (Å²) >= 11 is 0. The van der Waals surface area contributed by atoms with E-state index in [4.69, 9.17) is 4.74 Å². The molecule has 0 saturated heterocycles. The summed E-state index contributed by atoms with van der Waals surface area (Å²) in [6.07, 6.45) is 8.20. The van der Waals surface area contributed by atoms with E-state index in [1.807, 2.05) is 32.3 Å². The number of nitrogens with one attached hydrogen (secondary N) is 1. The van der Waals surface area contributed by atoms with Gasteiger partial charge in [-0.25, -0.2) is 0 Å². The lowest BCUT2D eigenvalue weighted by Gasteiger charge is -2.26. The molecule has 106 valence electrons. The fourth-order valence-corrected chi connectivity index (χ4v) is 3.56. The zero-order chi connectivity index (χ0) is 13.6. The van der Waals surface area contributed by atoms with Crippen molar-refractivity contribution in [2.45, 2.75) is 52.6 Å². The normalized spacial score (nSPS) is 29.3. The van der Waals surface area contributed by atoms with Crippen LogP contribution in [-0.2, 0) is 14.9 Å². The maximum absolute atomic E-state index is 12.4. The fraction of sp³-hybridized carbons (Fsp3) is 0.714. The first kappa shape index (κ1) is 15.4. The second-order valence-corrected chi connectivity index (χ2v) is 7.76. The molecule has 0 radical (unpaired) electrons. The lowest BCUT2D eigenvalue weighted by Crippen LogP contribution is -2.33. The Morgan fingerprint density at radius 1 is 1.39 bits per heavy atom. The lowest BCUT2D eigenvalue weighted by molar-refractivity contribution is 0.0835. The zero-order valence-electron chi connectivity index (χ0n) is 12.0. The van der Waals surface area contributed by atoms with E-state index in [9.17, 15) is 4.21 Å². The zero-order valence-corrected chi connectivity index (χ0v) is 12.9. The monoisotopic (exact) mass is 273 g/mol. The van der Waals surface area contributed by atoms with E-state index in [0.29, 0.717) is 0 Å². The Hall–Kier alpha value is -0.610. The second-order valence-electron chi connectivity index (χ2n) is 5.26. The first-order chi connectivity index (χ1) is 8.42. The number of thiol groups is 1. The number of rotatable bonds is 0. The summed E-state index contributed by atoms with van der Waals surface area (Å²) < 4.78 is 21.4. The first-order valence-electron chi connectivity index (χ1n) is 6.74. The summed E-state index contributed by atoms with van der Waals surface area (Å²) in [7, 11) is -2.45. The predicted molar refractivity (Wildman–Crippen MR) is 80.0 cm³/mol. The molecular weight excluding hydrogens is 246 g/mol. The molecule has 18 heavy (non-hydrogen) atoms. The van der Waals surface area contributed by atoms with Crippen molar-refractivity contribution in [2.75, 3.05) is 12.9 Å². The minimum absolute atomic E-state index is 0.0175. The molecule has 0 spiro atoms. The highest BCUT2D eigenvalue weighted by molar-refractivity contribution is 8.03. The van der Waals surface area contributed by atoms with E-state index in [1.165, 1.54) is 6.42 Å². The van der Waals surface area contributed by atoms with Crippen LogP contribution in [0.25, 0.3) is 0 Å². The molecule has 0 bridgehead atoms. The van der Waals surface area contributed by atoms with Crippen LogP contribution in [-0.4, -0.2) is 23.2 Å². The van der Waals surface area contributed by atoms with E-state index in [1.54, 1.807) is 6.26 Å². The number of ether oxygens (including phenoxy) is 1. The Balaban J connectivity index is 2.90. The number of hydrogen-bond acceptors (Lipinski definition) is 2. The van der Waals surface area contributed by atoms with Gasteiger partial charge in [0.15, 0.2) is 0 Å². The lowest BCUT2D eigenvalue weighted by atomic mass is 10.2. The molecule has 3 nitrogen and oxygen atoms in total. The molecular formula is C14H27NO2S. The fourth-order valence-electron chi connectivity index (χ4n) is 2.05. The van der Waals surface area contributed by atoms with E-state index in [2.05, 4.69) is 4.72 Å². The molecule has 1 N–H and O–H groups in total. The van der Waals surface area contributed by atoms with Crippen LogP contribution < -0.4 is 4.72 Å². The van der Waals surface area contributed by atoms with E-state index in [-0.39, 0.29) is 6.10 Å². The standard InChI is InChI=1S/C14H27NO2S/c1-12(2)14-13(3)17-10-8-6-5-7-9-11-18(4,16)15-14/h9,11,13,18H,5-8,10H2,1-4H3,(H,15,16)/b11-9+. The molecule has 0 aromatic carbocycles. The van der Waals surface area contributed by atoms with E-state index >= 15 is 0 Å². The quantitative estimate of drug-likeness (QED) is 0.666. The molecule has 1 unspecified atom stereocenters. The molecule has 1 rings (SSSR count). The third kappa shape index (κ3) is 5.36. The molecule has 0 aromatic heterocycles. The minimum Gasteiger partial charge on any atom is -0.372 e. The molecule has 1 heterocycles. The van der Waals surface area contributed by atoms with Crippen LogP contribution in [0.15, 0.2) is 22.8 Å². The van der Waals surface area contributed by atoms with Gasteiger partial charge in [0.25, 0.3) is 0 Å². The van der Waals surface area contributed by atoms with Gasteiger partial charge in [0.2, 0.25) is 0 Å². The molecule has 1 aliphatic rings. The van der Waals surface area contributed by atoms with Gasteiger partial charge in [-0.15, -0.1) is 0 Å². The van der Waals surface area contributed by atoms with Gasteiger partial charge < -0.3 is 9.46 Å². The van der Waals surface area contributed by atoms with Crippen LogP contribution in [0.4, 0.5) is 0 Å². The van der Waals surface area contributed by atoms with Gasteiger partial charge >= 0.3 is 0 Å². The van der Waals surface area contributed by atoms with Gasteiger partial charge in [-0.3, -0.25) is 4.21 Å². The Morgan fingerprint density at radius 2 is 2.11 bits per heavy atom. The number of hydrogen-bond donors (Lipinski definition) is 2. The largest absolute Gasteiger partial charge is 0.372 e. The summed E-state index contributed by atoms with van der Waals surface area (Å²) in [4.78, 5) is 0. The molecule has 1 atom stereocenters. The maximum Gasteiger partial charge on any atom is 0.0948 e. The Morgan fingerprint density at radius 3 is 2.78 bits per heavy atom. The van der Waals surface area contributed by atoms with Crippen molar-refractivity contribution in [3.8, 4) is 0 Å². The molecule has 4 heteroatoms. The van der Waals surface area contributed by atoms with Gasteiger partial charge in [0.1, 0.15) is 0 Å². The first-order valence-corrected chi connectivity index (χ1v) is 8.97. The highest BCUT2D eigenvalue weighted by Gasteiger charge is 2.15. The van der Waals surface area contributed by atoms with Crippen LogP contribution in [0, 0.1) is 0 Å². The van der Waals surface area contributed by atoms with Crippen molar-refractivity contribution < 1.29 is 8.95 Å². The summed E-state index contributed by atoms with van der Waals surface area (Å²) in [5.74, 6) is 0. The molecule has 0 amide bonds. The van der Waals surface area contributed by atoms with Crippen molar-refractivity contribution in [2.24, 2.45) is 0 Å². The summed E-state index contributed by atoms with van der Waals surface area (Å²) in [5.41, 5.74) is 2.10. The van der Waals surface area contributed by atoms with Crippen molar-refractivity contribution in [1.82, 2.24) is 4.72 Å². The van der Waals surface area contributed by atoms with Crippen molar-refractivity contribution in [3.05, 3.63) is 22.8 Å².